The van der Waals surface area contributed by atoms with Gasteiger partial charge in [0.05, 0.1) is 18.4 Å². The third kappa shape index (κ3) is 3.76. The monoisotopic (exact) mass is 328 g/mol. The zero-order valence-electron chi connectivity index (χ0n) is 14.3. The molecule has 1 aromatic carbocycles. The van der Waals surface area contributed by atoms with Crippen LogP contribution in [0.5, 0.6) is 5.75 Å². The number of hydrogen-bond donors (Lipinski definition) is 0. The summed E-state index contributed by atoms with van der Waals surface area (Å²) in [4.78, 5) is 17.0. The summed E-state index contributed by atoms with van der Waals surface area (Å²) in [5, 5.41) is 4.20. The molecule has 1 saturated heterocycles. The maximum absolute atomic E-state index is 12.8. The molecule has 24 heavy (non-hydrogen) atoms. The van der Waals surface area contributed by atoms with Gasteiger partial charge in [-0.15, -0.1) is 0 Å². The van der Waals surface area contributed by atoms with Gasteiger partial charge >= 0.3 is 0 Å². The number of aromatic nitrogens is 2. The molecule has 1 aliphatic heterocycles. The van der Waals surface area contributed by atoms with Gasteiger partial charge in [0, 0.05) is 51.5 Å². The second-order valence-corrected chi connectivity index (χ2v) is 6.02. The van der Waals surface area contributed by atoms with Crippen LogP contribution in [0.4, 0.5) is 0 Å². The molecule has 0 N–H and O–H groups in total. The lowest BCUT2D eigenvalue weighted by Gasteiger charge is -2.34. The molecule has 128 valence electrons. The van der Waals surface area contributed by atoms with Crippen molar-refractivity contribution in [1.29, 1.82) is 0 Å². The second kappa shape index (κ2) is 7.49. The summed E-state index contributed by atoms with van der Waals surface area (Å²) in [5.74, 6) is 0.725. The number of benzene rings is 1. The normalized spacial score (nSPS) is 15.5. The van der Waals surface area contributed by atoms with Crippen molar-refractivity contribution in [2.45, 2.75) is 13.5 Å². The smallest absolute Gasteiger partial charge is 0.257 e. The van der Waals surface area contributed by atoms with Crippen LogP contribution >= 0.6 is 0 Å². The summed E-state index contributed by atoms with van der Waals surface area (Å²) in [6.07, 6.45) is 3.94. The van der Waals surface area contributed by atoms with Crippen LogP contribution in [0.3, 0.4) is 0 Å². The molecule has 0 spiro atoms. The SMILES string of the molecule is CCOc1ccccc1C(=O)N1CCN(Cc2cnn(C)c2)CC1. The van der Waals surface area contributed by atoms with Gasteiger partial charge in [-0.3, -0.25) is 14.4 Å². The maximum atomic E-state index is 12.8. The van der Waals surface area contributed by atoms with Gasteiger partial charge in [0.2, 0.25) is 0 Å². The summed E-state index contributed by atoms with van der Waals surface area (Å²) in [7, 11) is 1.93. The molecule has 2 heterocycles. The summed E-state index contributed by atoms with van der Waals surface area (Å²) in [6.45, 7) is 6.58. The van der Waals surface area contributed by atoms with Crippen LogP contribution in [0.1, 0.15) is 22.8 Å². The van der Waals surface area contributed by atoms with Crippen molar-refractivity contribution in [3.05, 3.63) is 47.8 Å². The Hall–Kier alpha value is -2.34. The third-order valence-corrected chi connectivity index (χ3v) is 4.24. The minimum absolute atomic E-state index is 0.0556. The quantitative estimate of drug-likeness (QED) is 0.839. The largest absolute Gasteiger partial charge is 0.493 e. The van der Waals surface area contributed by atoms with Gasteiger partial charge in [-0.2, -0.15) is 5.10 Å². The van der Waals surface area contributed by atoms with Crippen molar-refractivity contribution in [2.24, 2.45) is 7.05 Å². The van der Waals surface area contributed by atoms with E-state index in [0.717, 1.165) is 32.7 Å². The topological polar surface area (TPSA) is 50.6 Å². The Morgan fingerprint density at radius 1 is 1.21 bits per heavy atom. The molecular formula is C18H24N4O2. The first-order chi connectivity index (χ1) is 11.7. The van der Waals surface area contributed by atoms with E-state index in [9.17, 15) is 4.79 Å². The lowest BCUT2D eigenvalue weighted by atomic mass is 10.1. The molecule has 0 radical (unpaired) electrons. The molecule has 6 nitrogen and oxygen atoms in total. The van der Waals surface area contributed by atoms with Crippen LogP contribution in [-0.2, 0) is 13.6 Å². The Kier molecular flexibility index (Phi) is 5.15. The molecule has 0 saturated carbocycles. The van der Waals surface area contributed by atoms with Crippen molar-refractivity contribution in [2.75, 3.05) is 32.8 Å². The Bertz CT molecular complexity index is 690. The number of para-hydroxylation sites is 1. The Labute approximate surface area is 142 Å². The van der Waals surface area contributed by atoms with Crippen molar-refractivity contribution < 1.29 is 9.53 Å². The number of ether oxygens (including phenoxy) is 1. The zero-order chi connectivity index (χ0) is 16.9. The number of carbonyl (C=O) groups is 1. The van der Waals surface area contributed by atoms with E-state index in [1.54, 1.807) is 0 Å². The third-order valence-electron chi connectivity index (χ3n) is 4.24. The lowest BCUT2D eigenvalue weighted by molar-refractivity contribution is 0.0624. The van der Waals surface area contributed by atoms with Gasteiger partial charge < -0.3 is 9.64 Å². The maximum Gasteiger partial charge on any atom is 0.257 e. The Balaban J connectivity index is 1.59. The average Bonchev–Trinajstić information content (AvgIpc) is 3.01. The van der Waals surface area contributed by atoms with Gasteiger partial charge in [-0.1, -0.05) is 12.1 Å². The molecule has 1 aliphatic rings. The Morgan fingerprint density at radius 2 is 1.96 bits per heavy atom. The van der Waals surface area contributed by atoms with E-state index < -0.39 is 0 Å². The first kappa shape index (κ1) is 16.5. The minimum Gasteiger partial charge on any atom is -0.493 e. The molecule has 6 heteroatoms. The van der Waals surface area contributed by atoms with Crippen LogP contribution in [0, 0.1) is 0 Å². The van der Waals surface area contributed by atoms with Crippen molar-refractivity contribution in [3.63, 3.8) is 0 Å². The van der Waals surface area contributed by atoms with Crippen LogP contribution in [-0.4, -0.2) is 58.3 Å². The summed E-state index contributed by atoms with van der Waals surface area (Å²) < 4.78 is 7.40. The van der Waals surface area contributed by atoms with Crippen LogP contribution in [0.2, 0.25) is 0 Å². The van der Waals surface area contributed by atoms with Gasteiger partial charge in [-0.05, 0) is 19.1 Å². The average molecular weight is 328 g/mol. The van der Waals surface area contributed by atoms with Gasteiger partial charge in [-0.25, -0.2) is 0 Å². The predicted molar refractivity (Wildman–Crippen MR) is 92.0 cm³/mol. The Morgan fingerprint density at radius 3 is 2.62 bits per heavy atom. The van der Waals surface area contributed by atoms with Crippen LogP contribution in [0.25, 0.3) is 0 Å². The van der Waals surface area contributed by atoms with Crippen molar-refractivity contribution in [3.8, 4) is 5.75 Å². The molecule has 1 amide bonds. The van der Waals surface area contributed by atoms with E-state index in [0.29, 0.717) is 17.9 Å². The van der Waals surface area contributed by atoms with Gasteiger partial charge in [0.25, 0.3) is 5.91 Å². The molecule has 0 unspecified atom stereocenters. The molecule has 2 aromatic rings. The number of carbonyl (C=O) groups excluding carboxylic acids is 1. The number of nitrogens with zero attached hydrogens (tertiary/aromatic N) is 4. The zero-order valence-corrected chi connectivity index (χ0v) is 14.3. The fraction of sp³-hybridized carbons (Fsp3) is 0.444. The number of rotatable bonds is 5. The molecule has 0 bridgehead atoms. The number of piperazine rings is 1. The van der Waals surface area contributed by atoms with Crippen molar-refractivity contribution in [1.82, 2.24) is 19.6 Å². The van der Waals surface area contributed by atoms with E-state index in [1.807, 2.05) is 60.2 Å². The highest BCUT2D eigenvalue weighted by Gasteiger charge is 2.24. The van der Waals surface area contributed by atoms with E-state index in [-0.39, 0.29) is 5.91 Å². The second-order valence-electron chi connectivity index (χ2n) is 6.02. The molecule has 0 aliphatic carbocycles. The summed E-state index contributed by atoms with van der Waals surface area (Å²) in [5.41, 5.74) is 1.86. The first-order valence-corrected chi connectivity index (χ1v) is 8.38. The standard InChI is InChI=1S/C18H24N4O2/c1-3-24-17-7-5-4-6-16(17)18(23)22-10-8-21(9-11-22)14-15-12-19-20(2)13-15/h4-7,12-13H,3,8-11,14H2,1-2H3. The van der Waals surface area contributed by atoms with Crippen LogP contribution < -0.4 is 4.74 Å². The van der Waals surface area contributed by atoms with Crippen LogP contribution in [0.15, 0.2) is 36.7 Å². The molecule has 1 aromatic heterocycles. The highest BCUT2D eigenvalue weighted by Crippen LogP contribution is 2.21. The fourth-order valence-electron chi connectivity index (χ4n) is 3.02. The highest BCUT2D eigenvalue weighted by molar-refractivity contribution is 5.97. The molecule has 0 atom stereocenters. The van der Waals surface area contributed by atoms with E-state index in [1.165, 1.54) is 5.56 Å². The number of hydrogen-bond acceptors (Lipinski definition) is 4. The molecular weight excluding hydrogens is 304 g/mol. The van der Waals surface area contributed by atoms with E-state index in [2.05, 4.69) is 10.00 Å². The van der Waals surface area contributed by atoms with Gasteiger partial charge in [0.15, 0.2) is 0 Å². The number of amides is 1. The predicted octanol–water partition coefficient (Wildman–Crippen LogP) is 1.78. The first-order valence-electron chi connectivity index (χ1n) is 8.38. The van der Waals surface area contributed by atoms with E-state index in [4.69, 9.17) is 4.74 Å². The van der Waals surface area contributed by atoms with E-state index >= 15 is 0 Å². The highest BCUT2D eigenvalue weighted by atomic mass is 16.5. The molecule has 1 fully saturated rings. The number of aryl methyl sites for hydroxylation is 1. The minimum atomic E-state index is 0.0556. The molecule has 3 rings (SSSR count). The summed E-state index contributed by atoms with van der Waals surface area (Å²) in [6, 6.07) is 7.48. The lowest BCUT2D eigenvalue weighted by Crippen LogP contribution is -2.48. The fourth-order valence-corrected chi connectivity index (χ4v) is 3.02. The summed E-state index contributed by atoms with van der Waals surface area (Å²) >= 11 is 0. The van der Waals surface area contributed by atoms with Crippen molar-refractivity contribution >= 4 is 5.91 Å². The van der Waals surface area contributed by atoms with Gasteiger partial charge in [0.1, 0.15) is 5.75 Å².